The molecule has 2 aromatic carbocycles. The normalized spacial score (nSPS) is 16.4. The lowest BCUT2D eigenvalue weighted by Gasteiger charge is -2.31. The maximum atomic E-state index is 11.3. The maximum absolute atomic E-state index is 11.3. The molecule has 0 radical (unpaired) electrons. The lowest BCUT2D eigenvalue weighted by Crippen LogP contribution is -2.29. The largest absolute Gasteiger partial charge is 0.497 e. The van der Waals surface area contributed by atoms with Gasteiger partial charge in [0.2, 0.25) is 0 Å². The number of methoxy groups -OCH3 is 2. The Bertz CT molecular complexity index is 1080. The molecule has 1 aliphatic heterocycles. The second-order valence-electron chi connectivity index (χ2n) is 7.53. The number of hydrogen-bond acceptors (Lipinski definition) is 5. The summed E-state index contributed by atoms with van der Waals surface area (Å²) < 4.78 is 13.3. The van der Waals surface area contributed by atoms with Crippen LogP contribution in [0.4, 0.5) is 5.69 Å². The van der Waals surface area contributed by atoms with Crippen LogP contribution in [0.1, 0.15) is 29.3 Å². The summed E-state index contributed by atoms with van der Waals surface area (Å²) in [6.45, 7) is 2.19. The third-order valence-electron chi connectivity index (χ3n) is 5.66. The zero-order chi connectivity index (χ0) is 22.0. The lowest BCUT2D eigenvalue weighted by atomic mass is 10.00. The quantitative estimate of drug-likeness (QED) is 0.395. The van der Waals surface area contributed by atoms with Crippen molar-refractivity contribution in [2.45, 2.75) is 25.6 Å². The Morgan fingerprint density at radius 3 is 2.52 bits per heavy atom. The van der Waals surface area contributed by atoms with Gasteiger partial charge in [0.05, 0.1) is 25.2 Å². The Morgan fingerprint density at radius 1 is 1.10 bits per heavy atom. The van der Waals surface area contributed by atoms with Crippen molar-refractivity contribution < 1.29 is 14.4 Å². The zero-order valence-corrected chi connectivity index (χ0v) is 18.2. The summed E-state index contributed by atoms with van der Waals surface area (Å²) in [4.78, 5) is 13.2. The second-order valence-corrected chi connectivity index (χ2v) is 7.94. The van der Waals surface area contributed by atoms with Crippen molar-refractivity contribution in [3.05, 3.63) is 86.7 Å². The number of non-ortho nitro benzene ring substituents is 1. The van der Waals surface area contributed by atoms with Gasteiger partial charge >= 0.3 is 0 Å². The van der Waals surface area contributed by atoms with E-state index in [1.54, 1.807) is 26.4 Å². The monoisotopic (exact) mass is 441 g/mol. The predicted molar refractivity (Wildman–Crippen MR) is 119 cm³/mol. The summed E-state index contributed by atoms with van der Waals surface area (Å²) in [5, 5.41) is 11.8. The minimum atomic E-state index is -0.391. The Labute approximate surface area is 185 Å². The SMILES string of the molecule is COc1cc(OC)cc(C2c3cccn3CCCN2Cc2cc([N+](=O)[O-])ccc2Cl)c1. The van der Waals surface area contributed by atoms with Crippen molar-refractivity contribution in [2.24, 2.45) is 0 Å². The van der Waals surface area contributed by atoms with Gasteiger partial charge in [-0.15, -0.1) is 0 Å². The number of hydrogen-bond donors (Lipinski definition) is 0. The molecule has 0 saturated carbocycles. The van der Waals surface area contributed by atoms with Crippen LogP contribution in [0.25, 0.3) is 0 Å². The van der Waals surface area contributed by atoms with E-state index in [-0.39, 0.29) is 11.7 Å². The van der Waals surface area contributed by atoms with Crippen molar-refractivity contribution >= 4 is 17.3 Å². The van der Waals surface area contributed by atoms with Crippen molar-refractivity contribution in [1.29, 1.82) is 0 Å². The molecule has 2 heterocycles. The smallest absolute Gasteiger partial charge is 0.269 e. The zero-order valence-electron chi connectivity index (χ0n) is 17.5. The summed E-state index contributed by atoms with van der Waals surface area (Å²) in [6, 6.07) is 14.5. The van der Waals surface area contributed by atoms with E-state index < -0.39 is 4.92 Å². The van der Waals surface area contributed by atoms with E-state index in [0.717, 1.165) is 36.3 Å². The Morgan fingerprint density at radius 2 is 1.84 bits per heavy atom. The summed E-state index contributed by atoms with van der Waals surface area (Å²) >= 11 is 6.43. The van der Waals surface area contributed by atoms with Crippen LogP contribution in [-0.4, -0.2) is 35.2 Å². The first-order chi connectivity index (χ1) is 15.0. The third kappa shape index (κ3) is 4.38. The molecular formula is C23H24ClN3O4. The molecule has 0 N–H and O–H groups in total. The summed E-state index contributed by atoms with van der Waals surface area (Å²) in [7, 11) is 3.27. The Hall–Kier alpha value is -3.03. The summed E-state index contributed by atoms with van der Waals surface area (Å²) in [5.74, 6) is 1.43. The van der Waals surface area contributed by atoms with Crippen LogP contribution < -0.4 is 9.47 Å². The van der Waals surface area contributed by atoms with Crippen LogP contribution in [0.5, 0.6) is 11.5 Å². The van der Waals surface area contributed by atoms with Gasteiger partial charge in [0, 0.05) is 54.7 Å². The van der Waals surface area contributed by atoms with Gasteiger partial charge in [0.25, 0.3) is 5.69 Å². The highest BCUT2D eigenvalue weighted by Crippen LogP contribution is 2.37. The number of nitro groups is 1. The number of nitro benzene ring substituents is 1. The van der Waals surface area contributed by atoms with Crippen molar-refractivity contribution in [3.8, 4) is 11.5 Å². The van der Waals surface area contributed by atoms with E-state index in [9.17, 15) is 10.1 Å². The standard InChI is InChI=1S/C23H24ClN3O4/c1-30-19-12-16(13-20(14-19)31-2)23-22-5-3-8-25(22)9-4-10-26(23)15-17-11-18(27(28)29)6-7-21(17)24/h3,5-8,11-14,23H,4,9-10,15H2,1-2H3. The van der Waals surface area contributed by atoms with Gasteiger partial charge in [-0.1, -0.05) is 11.6 Å². The van der Waals surface area contributed by atoms with Crippen LogP contribution >= 0.6 is 11.6 Å². The minimum Gasteiger partial charge on any atom is -0.497 e. The Balaban J connectivity index is 1.80. The molecular weight excluding hydrogens is 418 g/mol. The first-order valence-corrected chi connectivity index (χ1v) is 10.4. The van der Waals surface area contributed by atoms with Gasteiger partial charge in [-0.3, -0.25) is 15.0 Å². The second kappa shape index (κ2) is 8.99. The lowest BCUT2D eigenvalue weighted by molar-refractivity contribution is -0.384. The minimum absolute atomic E-state index is 0.0391. The summed E-state index contributed by atoms with van der Waals surface area (Å²) in [5.41, 5.74) is 2.95. The van der Waals surface area contributed by atoms with Gasteiger partial charge in [0.1, 0.15) is 11.5 Å². The molecule has 0 fully saturated rings. The van der Waals surface area contributed by atoms with E-state index >= 15 is 0 Å². The molecule has 0 saturated heterocycles. The molecule has 1 atom stereocenters. The topological polar surface area (TPSA) is 69.8 Å². The molecule has 7 nitrogen and oxygen atoms in total. The molecule has 3 aromatic rings. The first-order valence-electron chi connectivity index (χ1n) is 10.0. The molecule has 8 heteroatoms. The average Bonchev–Trinajstić information content (AvgIpc) is 3.15. The predicted octanol–water partition coefficient (Wildman–Crippen LogP) is 5.06. The molecule has 1 aromatic heterocycles. The molecule has 31 heavy (non-hydrogen) atoms. The number of aromatic nitrogens is 1. The van der Waals surface area contributed by atoms with Crippen LogP contribution in [-0.2, 0) is 13.1 Å². The molecule has 1 aliphatic rings. The van der Waals surface area contributed by atoms with Gasteiger partial charge in [0.15, 0.2) is 0 Å². The number of rotatable bonds is 6. The highest BCUT2D eigenvalue weighted by Gasteiger charge is 2.29. The highest BCUT2D eigenvalue weighted by molar-refractivity contribution is 6.31. The third-order valence-corrected chi connectivity index (χ3v) is 6.03. The number of fused-ring (bicyclic) bond motifs is 1. The fourth-order valence-electron chi connectivity index (χ4n) is 4.19. The van der Waals surface area contributed by atoms with E-state index in [1.165, 1.54) is 6.07 Å². The molecule has 0 aliphatic carbocycles. The molecule has 1 unspecified atom stereocenters. The van der Waals surface area contributed by atoms with E-state index in [0.29, 0.717) is 23.1 Å². The number of nitrogens with zero attached hydrogens (tertiary/aromatic N) is 3. The Kier molecular flexibility index (Phi) is 6.15. The number of benzene rings is 2. The molecule has 0 bridgehead atoms. The average molecular weight is 442 g/mol. The van der Waals surface area contributed by atoms with Crippen LogP contribution in [0.3, 0.4) is 0 Å². The highest BCUT2D eigenvalue weighted by atomic mass is 35.5. The van der Waals surface area contributed by atoms with Crippen LogP contribution in [0.2, 0.25) is 5.02 Å². The fraction of sp³-hybridized carbons (Fsp3) is 0.304. The van der Waals surface area contributed by atoms with Crippen molar-refractivity contribution in [3.63, 3.8) is 0 Å². The number of aryl methyl sites for hydroxylation is 1. The van der Waals surface area contributed by atoms with E-state index in [1.807, 2.05) is 24.3 Å². The molecule has 0 spiro atoms. The van der Waals surface area contributed by atoms with E-state index in [4.69, 9.17) is 21.1 Å². The van der Waals surface area contributed by atoms with Crippen molar-refractivity contribution in [2.75, 3.05) is 20.8 Å². The van der Waals surface area contributed by atoms with Gasteiger partial charge in [-0.25, -0.2) is 0 Å². The molecule has 4 rings (SSSR count). The van der Waals surface area contributed by atoms with Gasteiger partial charge < -0.3 is 14.0 Å². The maximum Gasteiger partial charge on any atom is 0.269 e. The van der Waals surface area contributed by atoms with Crippen LogP contribution in [0, 0.1) is 10.1 Å². The van der Waals surface area contributed by atoms with Gasteiger partial charge in [-0.2, -0.15) is 0 Å². The summed E-state index contributed by atoms with van der Waals surface area (Å²) in [6.07, 6.45) is 3.04. The van der Waals surface area contributed by atoms with Gasteiger partial charge in [-0.05, 0) is 47.9 Å². The fourth-order valence-corrected chi connectivity index (χ4v) is 4.37. The van der Waals surface area contributed by atoms with Crippen LogP contribution in [0.15, 0.2) is 54.7 Å². The van der Waals surface area contributed by atoms with E-state index in [2.05, 4.69) is 21.7 Å². The van der Waals surface area contributed by atoms with Crippen molar-refractivity contribution in [1.82, 2.24) is 9.47 Å². The first kappa shape index (κ1) is 21.2. The number of ether oxygens (including phenoxy) is 2. The molecule has 0 amide bonds. The molecule has 162 valence electrons. The number of halogens is 1.